The van der Waals surface area contributed by atoms with Gasteiger partial charge in [-0.3, -0.25) is 9.59 Å². The number of fused-ring (bicyclic) bond motifs is 2. The quantitative estimate of drug-likeness (QED) is 0.197. The van der Waals surface area contributed by atoms with Crippen molar-refractivity contribution in [2.24, 2.45) is 0 Å². The molecular weight excluding hydrogens is 556 g/mol. The number of anilines is 2. The Kier molecular flexibility index (Phi) is 8.35. The van der Waals surface area contributed by atoms with E-state index in [-0.39, 0.29) is 11.8 Å². The number of alkyl halides is 2. The van der Waals surface area contributed by atoms with E-state index >= 15 is 0 Å². The first-order valence-corrected chi connectivity index (χ1v) is 13.6. The second-order valence-electron chi connectivity index (χ2n) is 8.10. The van der Waals surface area contributed by atoms with E-state index in [1.54, 1.807) is 0 Å². The average Bonchev–Trinajstić information content (AvgIpc) is 2.86. The van der Waals surface area contributed by atoms with Crippen LogP contribution in [0.2, 0.25) is 0 Å². The van der Waals surface area contributed by atoms with Crippen LogP contribution in [0.25, 0.3) is 32.7 Å². The van der Waals surface area contributed by atoms with Gasteiger partial charge in [0, 0.05) is 46.0 Å². The highest BCUT2D eigenvalue weighted by Gasteiger charge is 2.19. The molecule has 0 saturated heterocycles. The Hall–Kier alpha value is -2.70. The molecule has 34 heavy (non-hydrogen) atoms. The molecule has 0 radical (unpaired) electrons. The largest absolute Gasteiger partial charge is 0.325 e. The number of nitrogens with one attached hydrogen (secondary N) is 2. The number of rotatable bonds is 9. The fourth-order valence-corrected chi connectivity index (χ4v) is 4.73. The molecule has 0 aliphatic heterocycles. The lowest BCUT2D eigenvalue weighted by Gasteiger charge is -2.20. The number of hydrogen-bond donors (Lipinski definition) is 2. The standard InChI is InChI=1S/C28H26Br2N2O2/c29-17-5-11-25(33)31-23-15-13-19-7-1-3-9-21(19)27(23)28-22-10-4-2-8-20(22)14-16-24(28)32-26(34)12-6-18-30/h1-4,7-10,13-16H,5-6,11-12,17-18H2,(H,31,33)(H,32,34). The van der Waals surface area contributed by atoms with E-state index in [4.69, 9.17) is 0 Å². The van der Waals surface area contributed by atoms with Crippen LogP contribution in [-0.2, 0) is 9.59 Å². The van der Waals surface area contributed by atoms with Crippen molar-refractivity contribution in [1.29, 1.82) is 0 Å². The van der Waals surface area contributed by atoms with Gasteiger partial charge in [0.25, 0.3) is 0 Å². The van der Waals surface area contributed by atoms with Gasteiger partial charge >= 0.3 is 0 Å². The maximum atomic E-state index is 12.7. The van der Waals surface area contributed by atoms with Gasteiger partial charge in [-0.25, -0.2) is 0 Å². The maximum absolute atomic E-state index is 12.7. The molecule has 4 rings (SSSR count). The Balaban J connectivity index is 1.94. The van der Waals surface area contributed by atoms with E-state index in [0.29, 0.717) is 12.8 Å². The van der Waals surface area contributed by atoms with Crippen LogP contribution in [0.3, 0.4) is 0 Å². The van der Waals surface area contributed by atoms with Crippen molar-refractivity contribution in [1.82, 2.24) is 0 Å². The van der Waals surface area contributed by atoms with Gasteiger partial charge in [-0.2, -0.15) is 0 Å². The molecule has 2 amide bonds. The molecule has 0 heterocycles. The Labute approximate surface area is 216 Å². The average molecular weight is 582 g/mol. The molecule has 0 spiro atoms. The van der Waals surface area contributed by atoms with Gasteiger partial charge in [0.2, 0.25) is 11.8 Å². The minimum atomic E-state index is -0.0286. The molecule has 0 aromatic heterocycles. The first kappa shape index (κ1) is 24.4. The van der Waals surface area contributed by atoms with E-state index < -0.39 is 0 Å². The van der Waals surface area contributed by atoms with Crippen molar-refractivity contribution in [2.45, 2.75) is 25.7 Å². The van der Waals surface area contributed by atoms with E-state index in [1.807, 2.05) is 48.5 Å². The minimum Gasteiger partial charge on any atom is -0.325 e. The van der Waals surface area contributed by atoms with Gasteiger partial charge in [0.15, 0.2) is 0 Å². The zero-order valence-corrected chi connectivity index (χ0v) is 21.9. The van der Waals surface area contributed by atoms with Gasteiger partial charge in [0.1, 0.15) is 0 Å². The third-order valence-corrected chi connectivity index (χ3v) is 6.85. The molecule has 0 unspecified atom stereocenters. The molecule has 0 saturated carbocycles. The van der Waals surface area contributed by atoms with Gasteiger partial charge in [-0.15, -0.1) is 0 Å². The van der Waals surface area contributed by atoms with Crippen molar-refractivity contribution < 1.29 is 9.59 Å². The van der Waals surface area contributed by atoms with Crippen LogP contribution in [0, 0.1) is 0 Å². The van der Waals surface area contributed by atoms with Crippen LogP contribution in [0.1, 0.15) is 25.7 Å². The van der Waals surface area contributed by atoms with E-state index in [9.17, 15) is 9.59 Å². The monoisotopic (exact) mass is 580 g/mol. The molecule has 6 heteroatoms. The lowest BCUT2D eigenvalue weighted by molar-refractivity contribution is -0.117. The Morgan fingerprint density at radius 2 is 1.00 bits per heavy atom. The van der Waals surface area contributed by atoms with Crippen molar-refractivity contribution >= 4 is 76.6 Å². The predicted octanol–water partition coefficient (Wildman–Crippen LogP) is 7.89. The topological polar surface area (TPSA) is 58.2 Å². The molecule has 4 aromatic rings. The third kappa shape index (κ3) is 5.50. The SMILES string of the molecule is O=C(CCCBr)Nc1ccc2ccccc2c1-c1c(NC(=O)CCCBr)ccc2ccccc12. The molecule has 2 N–H and O–H groups in total. The van der Waals surface area contributed by atoms with Crippen LogP contribution in [-0.4, -0.2) is 22.5 Å². The second kappa shape index (κ2) is 11.6. The van der Waals surface area contributed by atoms with E-state index in [1.165, 1.54) is 0 Å². The summed E-state index contributed by atoms with van der Waals surface area (Å²) in [6.07, 6.45) is 2.39. The van der Waals surface area contributed by atoms with Crippen molar-refractivity contribution in [3.63, 3.8) is 0 Å². The molecule has 4 nitrogen and oxygen atoms in total. The summed E-state index contributed by atoms with van der Waals surface area (Å²) < 4.78 is 0. The number of hydrogen-bond acceptors (Lipinski definition) is 2. The Morgan fingerprint density at radius 1 is 0.588 bits per heavy atom. The Bertz CT molecular complexity index is 1230. The van der Waals surface area contributed by atoms with Crippen LogP contribution in [0.5, 0.6) is 0 Å². The zero-order chi connectivity index (χ0) is 23.9. The molecular formula is C28H26Br2N2O2. The summed E-state index contributed by atoms with van der Waals surface area (Å²) in [5.74, 6) is -0.0572. The fourth-order valence-electron chi connectivity index (χ4n) is 4.17. The Morgan fingerprint density at radius 3 is 1.41 bits per heavy atom. The van der Waals surface area contributed by atoms with Crippen molar-refractivity contribution in [3.8, 4) is 11.1 Å². The molecule has 0 fully saturated rings. The highest BCUT2D eigenvalue weighted by molar-refractivity contribution is 9.09. The summed E-state index contributed by atoms with van der Waals surface area (Å²) in [5.41, 5.74) is 3.31. The molecule has 0 aliphatic rings. The molecule has 174 valence electrons. The predicted molar refractivity (Wildman–Crippen MR) is 150 cm³/mol. The number of amides is 2. The highest BCUT2D eigenvalue weighted by Crippen LogP contribution is 2.43. The van der Waals surface area contributed by atoms with Crippen LogP contribution in [0.4, 0.5) is 11.4 Å². The van der Waals surface area contributed by atoms with Gasteiger partial charge in [0.05, 0.1) is 0 Å². The second-order valence-corrected chi connectivity index (χ2v) is 9.69. The summed E-state index contributed by atoms with van der Waals surface area (Å²) in [4.78, 5) is 25.5. The summed E-state index contributed by atoms with van der Waals surface area (Å²) in [6, 6.07) is 24.2. The van der Waals surface area contributed by atoms with Gasteiger partial charge < -0.3 is 10.6 Å². The zero-order valence-electron chi connectivity index (χ0n) is 18.7. The number of benzene rings is 4. The molecule has 0 atom stereocenters. The van der Waals surface area contributed by atoms with E-state index in [0.717, 1.165) is 67.5 Å². The maximum Gasteiger partial charge on any atom is 0.224 e. The number of carbonyl (C=O) groups is 2. The highest BCUT2D eigenvalue weighted by atomic mass is 79.9. The van der Waals surface area contributed by atoms with E-state index in [2.05, 4.69) is 66.8 Å². The molecule has 0 aliphatic carbocycles. The van der Waals surface area contributed by atoms with Crippen molar-refractivity contribution in [2.75, 3.05) is 21.3 Å². The summed E-state index contributed by atoms with van der Waals surface area (Å²) >= 11 is 6.80. The van der Waals surface area contributed by atoms with Gasteiger partial charge in [-0.05, 0) is 46.5 Å². The lowest BCUT2D eigenvalue weighted by Crippen LogP contribution is -2.14. The van der Waals surface area contributed by atoms with Crippen LogP contribution in [0.15, 0.2) is 72.8 Å². The smallest absolute Gasteiger partial charge is 0.224 e. The first-order chi connectivity index (χ1) is 16.6. The van der Waals surface area contributed by atoms with Crippen LogP contribution < -0.4 is 10.6 Å². The summed E-state index contributed by atoms with van der Waals surface area (Å²) in [5, 5.41) is 12.0. The van der Waals surface area contributed by atoms with Gasteiger partial charge in [-0.1, -0.05) is 92.5 Å². The molecule has 4 aromatic carbocycles. The summed E-state index contributed by atoms with van der Waals surface area (Å²) in [6.45, 7) is 0. The third-order valence-electron chi connectivity index (χ3n) is 5.73. The first-order valence-electron chi connectivity index (χ1n) is 11.4. The number of carbonyl (C=O) groups excluding carboxylic acids is 2. The summed E-state index contributed by atoms with van der Waals surface area (Å²) in [7, 11) is 0. The van der Waals surface area contributed by atoms with Crippen LogP contribution >= 0.6 is 31.9 Å². The minimum absolute atomic E-state index is 0.0286. The number of halogens is 2. The van der Waals surface area contributed by atoms with Crippen molar-refractivity contribution in [3.05, 3.63) is 72.8 Å². The lowest BCUT2D eigenvalue weighted by atomic mass is 9.91. The normalized spacial score (nSPS) is 11.0. The molecule has 0 bridgehead atoms. The fraction of sp³-hybridized carbons (Fsp3) is 0.214.